The first-order chi connectivity index (χ1) is 13.4. The SMILES string of the molecule is CCCNC(=O)CN(C)C(=O)COC(=O)c1c(CC)nc2ccccc2c1C. The van der Waals surface area contributed by atoms with E-state index in [0.717, 1.165) is 22.9 Å². The molecule has 0 radical (unpaired) electrons. The minimum absolute atomic E-state index is 0.0762. The summed E-state index contributed by atoms with van der Waals surface area (Å²) in [6.45, 7) is 5.78. The fourth-order valence-electron chi connectivity index (χ4n) is 2.90. The highest BCUT2D eigenvalue weighted by Crippen LogP contribution is 2.24. The summed E-state index contributed by atoms with van der Waals surface area (Å²) in [5, 5.41) is 3.58. The van der Waals surface area contributed by atoms with Gasteiger partial charge in [0.05, 0.1) is 23.3 Å². The number of hydrogen-bond acceptors (Lipinski definition) is 5. The Kier molecular flexibility index (Phi) is 7.49. The molecule has 0 spiro atoms. The molecule has 2 amide bonds. The molecular formula is C21H27N3O4. The number of pyridine rings is 1. The number of fused-ring (bicyclic) bond motifs is 1. The molecule has 2 rings (SSSR count). The maximum Gasteiger partial charge on any atom is 0.340 e. The third kappa shape index (κ3) is 5.06. The predicted molar refractivity (Wildman–Crippen MR) is 107 cm³/mol. The van der Waals surface area contributed by atoms with Crippen LogP contribution >= 0.6 is 0 Å². The standard InChI is InChI=1S/C21H27N3O4/c1-5-11-22-18(25)12-24(4)19(26)13-28-21(27)20-14(3)15-9-7-8-10-17(15)23-16(20)6-2/h7-10H,5-6,11-13H2,1-4H3,(H,22,25). The maximum absolute atomic E-state index is 12.7. The first-order valence-corrected chi connectivity index (χ1v) is 9.45. The monoisotopic (exact) mass is 385 g/mol. The highest BCUT2D eigenvalue weighted by molar-refractivity contribution is 5.99. The van der Waals surface area contributed by atoms with Crippen molar-refractivity contribution in [2.24, 2.45) is 0 Å². The Morgan fingerprint density at radius 1 is 1.18 bits per heavy atom. The van der Waals surface area contributed by atoms with Gasteiger partial charge in [0.1, 0.15) is 0 Å². The fourth-order valence-corrected chi connectivity index (χ4v) is 2.90. The first kappa shape index (κ1) is 21.3. The van der Waals surface area contributed by atoms with Gasteiger partial charge >= 0.3 is 5.97 Å². The van der Waals surface area contributed by atoms with Crippen molar-refractivity contribution < 1.29 is 19.1 Å². The average Bonchev–Trinajstić information content (AvgIpc) is 2.69. The van der Waals surface area contributed by atoms with E-state index in [4.69, 9.17) is 4.74 Å². The van der Waals surface area contributed by atoms with Crippen LogP contribution in [0, 0.1) is 6.92 Å². The van der Waals surface area contributed by atoms with Crippen LogP contribution in [0.3, 0.4) is 0 Å². The zero-order chi connectivity index (χ0) is 20.7. The van der Waals surface area contributed by atoms with Crippen LogP contribution in [0.1, 0.15) is 41.9 Å². The van der Waals surface area contributed by atoms with Crippen molar-refractivity contribution >= 4 is 28.7 Å². The molecule has 0 aliphatic carbocycles. The third-order valence-corrected chi connectivity index (χ3v) is 4.47. The Hall–Kier alpha value is -2.96. The third-order valence-electron chi connectivity index (χ3n) is 4.47. The lowest BCUT2D eigenvalue weighted by atomic mass is 10.0. The minimum Gasteiger partial charge on any atom is -0.452 e. The number of nitrogens with one attached hydrogen (secondary N) is 1. The molecule has 28 heavy (non-hydrogen) atoms. The smallest absolute Gasteiger partial charge is 0.340 e. The van der Waals surface area contributed by atoms with E-state index < -0.39 is 18.5 Å². The molecule has 0 fully saturated rings. The van der Waals surface area contributed by atoms with E-state index in [1.165, 1.54) is 11.9 Å². The minimum atomic E-state index is -0.579. The van der Waals surface area contributed by atoms with Crippen molar-refractivity contribution in [1.82, 2.24) is 15.2 Å². The second kappa shape index (κ2) is 9.82. The number of para-hydroxylation sites is 1. The Bertz CT molecular complexity index is 879. The van der Waals surface area contributed by atoms with Gasteiger partial charge in [-0.05, 0) is 31.4 Å². The van der Waals surface area contributed by atoms with Gasteiger partial charge in [-0.1, -0.05) is 32.0 Å². The summed E-state index contributed by atoms with van der Waals surface area (Å²) in [4.78, 5) is 42.4. The number of esters is 1. The molecule has 1 N–H and O–H groups in total. The van der Waals surface area contributed by atoms with Gasteiger partial charge in [0.2, 0.25) is 5.91 Å². The van der Waals surface area contributed by atoms with Gasteiger partial charge in [0.25, 0.3) is 5.91 Å². The van der Waals surface area contributed by atoms with Gasteiger partial charge in [-0.2, -0.15) is 0 Å². The molecule has 1 heterocycles. The lowest BCUT2D eigenvalue weighted by Crippen LogP contribution is -2.40. The topological polar surface area (TPSA) is 88.6 Å². The first-order valence-electron chi connectivity index (χ1n) is 9.45. The van der Waals surface area contributed by atoms with Crippen LogP contribution < -0.4 is 5.32 Å². The van der Waals surface area contributed by atoms with E-state index >= 15 is 0 Å². The number of carbonyl (C=O) groups excluding carboxylic acids is 3. The van der Waals surface area contributed by atoms with Crippen molar-refractivity contribution in [1.29, 1.82) is 0 Å². The quantitative estimate of drug-likeness (QED) is 0.704. The lowest BCUT2D eigenvalue weighted by molar-refractivity contribution is -0.137. The molecule has 2 aromatic rings. The summed E-state index contributed by atoms with van der Waals surface area (Å²) in [6, 6.07) is 7.59. The molecule has 0 saturated heterocycles. The van der Waals surface area contributed by atoms with Gasteiger partial charge in [-0.15, -0.1) is 0 Å². The molecule has 1 aromatic heterocycles. The van der Waals surface area contributed by atoms with Crippen LogP contribution in [0.2, 0.25) is 0 Å². The van der Waals surface area contributed by atoms with Crippen molar-refractivity contribution in [3.8, 4) is 0 Å². The molecule has 1 aromatic carbocycles. The summed E-state index contributed by atoms with van der Waals surface area (Å²) < 4.78 is 5.24. The molecule has 0 aliphatic rings. The predicted octanol–water partition coefficient (Wildman–Crippen LogP) is 2.25. The largest absolute Gasteiger partial charge is 0.452 e. The Morgan fingerprint density at radius 3 is 2.57 bits per heavy atom. The highest BCUT2D eigenvalue weighted by Gasteiger charge is 2.21. The van der Waals surface area contributed by atoms with E-state index in [2.05, 4.69) is 10.3 Å². The molecule has 7 heteroatoms. The van der Waals surface area contributed by atoms with Gasteiger partial charge < -0.3 is 15.0 Å². The van der Waals surface area contributed by atoms with E-state index in [1.54, 1.807) is 0 Å². The number of ether oxygens (including phenoxy) is 1. The number of carbonyl (C=O) groups is 3. The summed E-state index contributed by atoms with van der Waals surface area (Å²) in [6.07, 6.45) is 1.39. The van der Waals surface area contributed by atoms with E-state index in [0.29, 0.717) is 24.2 Å². The van der Waals surface area contributed by atoms with Crippen LogP contribution in [-0.2, 0) is 20.7 Å². The number of nitrogens with zero attached hydrogens (tertiary/aromatic N) is 2. The number of amides is 2. The van der Waals surface area contributed by atoms with Crippen LogP contribution in [0.4, 0.5) is 0 Å². The number of aryl methyl sites for hydroxylation is 2. The zero-order valence-electron chi connectivity index (χ0n) is 16.9. The van der Waals surface area contributed by atoms with Crippen molar-refractivity contribution in [2.45, 2.75) is 33.6 Å². The number of aromatic nitrogens is 1. The zero-order valence-corrected chi connectivity index (χ0v) is 16.9. The average molecular weight is 385 g/mol. The molecule has 0 saturated carbocycles. The second-order valence-corrected chi connectivity index (χ2v) is 6.61. The Balaban J connectivity index is 2.07. The normalized spacial score (nSPS) is 10.6. The van der Waals surface area contributed by atoms with E-state index in [1.807, 2.05) is 45.0 Å². The van der Waals surface area contributed by atoms with Crippen molar-refractivity contribution in [3.05, 3.63) is 41.1 Å². The Labute approximate surface area is 165 Å². The summed E-state index contributed by atoms with van der Waals surface area (Å²) in [5.74, 6) is -1.26. The van der Waals surface area contributed by atoms with Crippen LogP contribution in [0.15, 0.2) is 24.3 Å². The van der Waals surface area contributed by atoms with Gasteiger partial charge in [-0.3, -0.25) is 14.6 Å². The van der Waals surface area contributed by atoms with Gasteiger partial charge in [0.15, 0.2) is 6.61 Å². The summed E-state index contributed by atoms with van der Waals surface area (Å²) >= 11 is 0. The van der Waals surface area contributed by atoms with E-state index in [-0.39, 0.29) is 12.5 Å². The van der Waals surface area contributed by atoms with Crippen molar-refractivity contribution in [3.63, 3.8) is 0 Å². The number of benzene rings is 1. The number of rotatable bonds is 8. The molecule has 0 bridgehead atoms. The van der Waals surface area contributed by atoms with Gasteiger partial charge in [0, 0.05) is 19.0 Å². The highest BCUT2D eigenvalue weighted by atomic mass is 16.5. The van der Waals surface area contributed by atoms with Gasteiger partial charge in [-0.25, -0.2) is 4.79 Å². The summed E-state index contributed by atoms with van der Waals surface area (Å²) in [7, 11) is 1.50. The maximum atomic E-state index is 12.7. The molecule has 150 valence electrons. The number of likely N-dealkylation sites (N-methyl/N-ethyl adjacent to an activating group) is 1. The van der Waals surface area contributed by atoms with E-state index in [9.17, 15) is 14.4 Å². The molecule has 7 nitrogen and oxygen atoms in total. The van der Waals surface area contributed by atoms with Crippen molar-refractivity contribution in [2.75, 3.05) is 26.7 Å². The number of hydrogen-bond donors (Lipinski definition) is 1. The fraction of sp³-hybridized carbons (Fsp3) is 0.429. The molecular weight excluding hydrogens is 358 g/mol. The molecule has 0 aliphatic heterocycles. The van der Waals surface area contributed by atoms with Crippen LogP contribution in [0.25, 0.3) is 10.9 Å². The van der Waals surface area contributed by atoms with Crippen LogP contribution in [-0.4, -0.2) is 54.4 Å². The Morgan fingerprint density at radius 2 is 1.89 bits per heavy atom. The molecule has 0 unspecified atom stereocenters. The second-order valence-electron chi connectivity index (χ2n) is 6.61. The molecule has 0 atom stereocenters. The summed E-state index contributed by atoms with van der Waals surface area (Å²) in [5.41, 5.74) is 2.65. The lowest BCUT2D eigenvalue weighted by Gasteiger charge is -2.17. The van der Waals surface area contributed by atoms with Crippen LogP contribution in [0.5, 0.6) is 0 Å².